The fourth-order valence-electron chi connectivity index (χ4n) is 4.03. The molecule has 0 aliphatic carbocycles. The summed E-state index contributed by atoms with van der Waals surface area (Å²) in [5.41, 5.74) is 0. The number of hydrogen-bond donors (Lipinski definition) is 0. The number of esters is 1. The van der Waals surface area contributed by atoms with Gasteiger partial charge in [-0.25, -0.2) is 0 Å². The lowest BCUT2D eigenvalue weighted by molar-refractivity contribution is -0.357. The third kappa shape index (κ3) is 4.03. The zero-order valence-corrected chi connectivity index (χ0v) is 19.0. The maximum absolute atomic E-state index is 11.6. The molecule has 0 aromatic rings. The molecule has 2 aliphatic heterocycles. The van der Waals surface area contributed by atoms with Crippen molar-refractivity contribution in [3.8, 4) is 0 Å². The minimum atomic E-state index is -1.89. The SMILES string of the molecule is CC(=O)O[C@@H]1[C@H](C)CO[C@@]2(OCC[C@@H](O[Si](C)(C)C(C)(C)C)[C@@H]2C)[C@@H]1C. The Morgan fingerprint density at radius 2 is 1.73 bits per heavy atom. The van der Waals surface area contributed by atoms with Crippen LogP contribution >= 0.6 is 0 Å². The maximum Gasteiger partial charge on any atom is 0.302 e. The van der Waals surface area contributed by atoms with Crippen LogP contribution in [0, 0.1) is 17.8 Å². The zero-order valence-electron chi connectivity index (χ0n) is 18.0. The lowest BCUT2D eigenvalue weighted by atomic mass is 9.75. The minimum Gasteiger partial charge on any atom is -0.462 e. The lowest BCUT2D eigenvalue weighted by Crippen LogP contribution is -2.64. The van der Waals surface area contributed by atoms with Crippen LogP contribution in [0.15, 0.2) is 0 Å². The molecule has 2 aliphatic rings. The van der Waals surface area contributed by atoms with Gasteiger partial charge in [-0.05, 0) is 24.6 Å². The first-order chi connectivity index (χ1) is 11.8. The monoisotopic (exact) mass is 386 g/mol. The quantitative estimate of drug-likeness (QED) is 0.533. The van der Waals surface area contributed by atoms with Crippen LogP contribution in [0.2, 0.25) is 18.1 Å². The number of hydrogen-bond acceptors (Lipinski definition) is 5. The highest BCUT2D eigenvalue weighted by atomic mass is 28.4. The first kappa shape index (κ1) is 21.9. The predicted octanol–water partition coefficient (Wildman–Crippen LogP) is 4.36. The molecule has 0 N–H and O–H groups in total. The van der Waals surface area contributed by atoms with Gasteiger partial charge in [0.15, 0.2) is 14.1 Å². The Morgan fingerprint density at radius 1 is 1.12 bits per heavy atom. The molecule has 6 heteroatoms. The second-order valence-corrected chi connectivity index (χ2v) is 14.5. The van der Waals surface area contributed by atoms with Crippen LogP contribution in [-0.4, -0.2) is 45.5 Å². The van der Waals surface area contributed by atoms with Crippen molar-refractivity contribution in [3.63, 3.8) is 0 Å². The average molecular weight is 387 g/mol. The number of carbonyl (C=O) groups is 1. The van der Waals surface area contributed by atoms with Crippen molar-refractivity contribution in [2.75, 3.05) is 13.2 Å². The molecule has 6 atom stereocenters. The Hall–Kier alpha value is -0.433. The Morgan fingerprint density at radius 3 is 2.27 bits per heavy atom. The predicted molar refractivity (Wildman–Crippen MR) is 104 cm³/mol. The summed E-state index contributed by atoms with van der Waals surface area (Å²) in [4.78, 5) is 11.6. The molecule has 2 heterocycles. The molecule has 0 bridgehead atoms. The van der Waals surface area contributed by atoms with Crippen LogP contribution in [-0.2, 0) is 23.4 Å². The average Bonchev–Trinajstić information content (AvgIpc) is 2.50. The van der Waals surface area contributed by atoms with Crippen molar-refractivity contribution in [1.29, 1.82) is 0 Å². The summed E-state index contributed by atoms with van der Waals surface area (Å²) in [5, 5.41) is 0.159. The normalized spacial score (nSPS) is 39.0. The molecule has 0 unspecified atom stereocenters. The van der Waals surface area contributed by atoms with E-state index in [9.17, 15) is 4.79 Å². The molecular weight excluding hydrogens is 348 g/mol. The molecule has 0 aromatic carbocycles. The van der Waals surface area contributed by atoms with Gasteiger partial charge in [-0.15, -0.1) is 0 Å². The second-order valence-electron chi connectivity index (χ2n) is 9.71. The Kier molecular flexibility index (Phi) is 6.33. The van der Waals surface area contributed by atoms with Gasteiger partial charge in [0.25, 0.3) is 0 Å². The Balaban J connectivity index is 2.24. The van der Waals surface area contributed by atoms with Gasteiger partial charge in [-0.2, -0.15) is 0 Å². The molecule has 5 nitrogen and oxygen atoms in total. The van der Waals surface area contributed by atoms with Crippen LogP contribution in [0.3, 0.4) is 0 Å². The van der Waals surface area contributed by atoms with Crippen LogP contribution in [0.5, 0.6) is 0 Å². The van der Waals surface area contributed by atoms with Crippen molar-refractivity contribution in [1.82, 2.24) is 0 Å². The minimum absolute atomic E-state index is 0.0454. The van der Waals surface area contributed by atoms with E-state index < -0.39 is 14.1 Å². The van der Waals surface area contributed by atoms with E-state index in [1.807, 2.05) is 0 Å². The van der Waals surface area contributed by atoms with Crippen LogP contribution in [0.4, 0.5) is 0 Å². The van der Waals surface area contributed by atoms with Gasteiger partial charge in [0.05, 0.1) is 19.3 Å². The molecule has 2 rings (SSSR count). The van der Waals surface area contributed by atoms with E-state index in [0.29, 0.717) is 13.2 Å². The molecule has 0 radical (unpaired) electrons. The molecule has 0 saturated carbocycles. The van der Waals surface area contributed by atoms with Gasteiger partial charge >= 0.3 is 5.97 Å². The Labute approximate surface area is 160 Å². The van der Waals surface area contributed by atoms with Crippen LogP contribution in [0.25, 0.3) is 0 Å². The molecule has 0 amide bonds. The van der Waals surface area contributed by atoms with E-state index in [2.05, 4.69) is 54.6 Å². The van der Waals surface area contributed by atoms with Crippen LogP contribution in [0.1, 0.15) is 54.9 Å². The van der Waals surface area contributed by atoms with Gasteiger partial charge in [0.2, 0.25) is 0 Å². The first-order valence-corrected chi connectivity index (χ1v) is 12.9. The molecule has 1 spiro atoms. The second kappa shape index (κ2) is 7.53. The fourth-order valence-corrected chi connectivity index (χ4v) is 5.46. The van der Waals surface area contributed by atoms with E-state index >= 15 is 0 Å². The lowest BCUT2D eigenvalue weighted by Gasteiger charge is -2.55. The molecule has 2 saturated heterocycles. The van der Waals surface area contributed by atoms with E-state index in [1.165, 1.54) is 6.92 Å². The third-order valence-corrected chi connectivity index (χ3v) is 11.2. The summed E-state index contributed by atoms with van der Waals surface area (Å²) >= 11 is 0. The first-order valence-electron chi connectivity index (χ1n) is 9.95. The van der Waals surface area contributed by atoms with Gasteiger partial charge in [0, 0.05) is 24.7 Å². The molecule has 26 heavy (non-hydrogen) atoms. The Bertz CT molecular complexity index is 515. The summed E-state index contributed by atoms with van der Waals surface area (Å²) in [6.07, 6.45) is 0.771. The third-order valence-electron chi connectivity index (χ3n) is 6.74. The number of rotatable bonds is 3. The van der Waals surface area contributed by atoms with Gasteiger partial charge in [-0.1, -0.05) is 41.5 Å². The number of ether oxygens (including phenoxy) is 3. The summed E-state index contributed by atoms with van der Waals surface area (Å²) in [7, 11) is -1.89. The van der Waals surface area contributed by atoms with Crippen molar-refractivity contribution >= 4 is 14.3 Å². The zero-order chi connectivity index (χ0) is 19.9. The number of carbonyl (C=O) groups excluding carboxylic acids is 1. The van der Waals surface area contributed by atoms with E-state index in [-0.39, 0.29) is 41.0 Å². The highest BCUT2D eigenvalue weighted by Crippen LogP contribution is 2.48. The summed E-state index contributed by atoms with van der Waals surface area (Å²) in [6, 6.07) is 0. The van der Waals surface area contributed by atoms with Gasteiger partial charge in [-0.3, -0.25) is 4.79 Å². The smallest absolute Gasteiger partial charge is 0.302 e. The standard InChI is InChI=1S/C20H38O5Si/c1-13-12-23-20(15(3)18(13)24-16(4)21)14(2)17(10-11-22-20)25-26(8,9)19(5,6)7/h13-15,17-18H,10-12H2,1-9H3/t13-,14+,15-,17-,18-,20-/m1/s1. The topological polar surface area (TPSA) is 54.0 Å². The molecular formula is C20H38O5Si. The summed E-state index contributed by atoms with van der Waals surface area (Å²) in [5.74, 6) is -0.819. The highest BCUT2D eigenvalue weighted by Gasteiger charge is 2.57. The van der Waals surface area contributed by atoms with Crippen molar-refractivity contribution in [2.24, 2.45) is 17.8 Å². The molecule has 2 fully saturated rings. The summed E-state index contributed by atoms with van der Waals surface area (Å²) in [6.45, 7) is 20.3. The van der Waals surface area contributed by atoms with E-state index in [0.717, 1.165) is 6.42 Å². The van der Waals surface area contributed by atoms with E-state index in [1.54, 1.807) is 0 Å². The highest BCUT2D eigenvalue weighted by molar-refractivity contribution is 6.74. The van der Waals surface area contributed by atoms with Crippen molar-refractivity contribution in [2.45, 2.75) is 91.0 Å². The van der Waals surface area contributed by atoms with Crippen LogP contribution < -0.4 is 0 Å². The van der Waals surface area contributed by atoms with Crippen molar-refractivity contribution < 1.29 is 23.4 Å². The summed E-state index contributed by atoms with van der Waals surface area (Å²) < 4.78 is 24.9. The largest absolute Gasteiger partial charge is 0.462 e. The maximum atomic E-state index is 11.6. The molecule has 152 valence electrons. The van der Waals surface area contributed by atoms with E-state index in [4.69, 9.17) is 18.6 Å². The molecule has 0 aromatic heterocycles. The van der Waals surface area contributed by atoms with Gasteiger partial charge in [0.1, 0.15) is 6.10 Å². The van der Waals surface area contributed by atoms with Gasteiger partial charge < -0.3 is 18.6 Å². The fraction of sp³-hybridized carbons (Fsp3) is 0.950. The van der Waals surface area contributed by atoms with Crippen molar-refractivity contribution in [3.05, 3.63) is 0 Å².